The van der Waals surface area contributed by atoms with E-state index < -0.39 is 0 Å². The van der Waals surface area contributed by atoms with E-state index in [1.165, 1.54) is 32.2 Å². The first kappa shape index (κ1) is 13.3. The van der Waals surface area contributed by atoms with Gasteiger partial charge in [-0.15, -0.1) is 0 Å². The summed E-state index contributed by atoms with van der Waals surface area (Å²) in [6.45, 7) is 9.92. The number of nitrogens with one attached hydrogen (secondary N) is 1. The van der Waals surface area contributed by atoms with Crippen molar-refractivity contribution in [2.75, 3.05) is 32.8 Å². The van der Waals surface area contributed by atoms with Gasteiger partial charge in [0.25, 0.3) is 0 Å². The summed E-state index contributed by atoms with van der Waals surface area (Å²) in [5, 5.41) is 3.57. The lowest BCUT2D eigenvalue weighted by Gasteiger charge is -2.37. The van der Waals surface area contributed by atoms with Crippen LogP contribution in [0.25, 0.3) is 0 Å². The normalized spacial score (nSPS) is 30.7. The van der Waals surface area contributed by atoms with Crippen LogP contribution in [0.4, 0.5) is 0 Å². The number of hydrogen-bond donors (Lipinski definition) is 1. The summed E-state index contributed by atoms with van der Waals surface area (Å²) in [7, 11) is 0. The molecule has 1 saturated carbocycles. The summed E-state index contributed by atoms with van der Waals surface area (Å²) in [6, 6.07) is 1.44. The van der Waals surface area contributed by atoms with Crippen molar-refractivity contribution >= 4 is 0 Å². The van der Waals surface area contributed by atoms with Crippen molar-refractivity contribution in [1.29, 1.82) is 0 Å². The highest BCUT2D eigenvalue weighted by Crippen LogP contribution is 2.28. The second-order valence-corrected chi connectivity index (χ2v) is 5.68. The number of hydrogen-bond acceptors (Lipinski definition) is 3. The number of ether oxygens (including phenoxy) is 1. The van der Waals surface area contributed by atoms with E-state index in [0.717, 1.165) is 38.3 Å². The molecular formula is C14H28N2O. The first-order valence-corrected chi connectivity index (χ1v) is 7.34. The van der Waals surface area contributed by atoms with Crippen molar-refractivity contribution in [3.63, 3.8) is 0 Å². The van der Waals surface area contributed by atoms with Crippen LogP contribution in [0.2, 0.25) is 0 Å². The number of likely N-dealkylation sites (tertiary alicyclic amines) is 1. The zero-order valence-corrected chi connectivity index (χ0v) is 11.5. The van der Waals surface area contributed by atoms with Gasteiger partial charge in [-0.3, -0.25) is 4.90 Å². The summed E-state index contributed by atoms with van der Waals surface area (Å²) in [6.07, 6.45) is 5.37. The zero-order chi connectivity index (χ0) is 12.1. The Morgan fingerprint density at radius 3 is 2.76 bits per heavy atom. The van der Waals surface area contributed by atoms with E-state index in [2.05, 4.69) is 24.1 Å². The Labute approximate surface area is 106 Å². The Balaban J connectivity index is 1.57. The van der Waals surface area contributed by atoms with Crippen LogP contribution in [0.5, 0.6) is 0 Å². The molecule has 1 saturated heterocycles. The van der Waals surface area contributed by atoms with Crippen LogP contribution in [-0.4, -0.2) is 49.8 Å². The molecule has 0 aromatic carbocycles. The average Bonchev–Trinajstić information content (AvgIpc) is 3.11. The fourth-order valence-electron chi connectivity index (χ4n) is 2.74. The van der Waals surface area contributed by atoms with Crippen molar-refractivity contribution < 1.29 is 4.74 Å². The fraction of sp³-hybridized carbons (Fsp3) is 1.00. The van der Waals surface area contributed by atoms with Gasteiger partial charge >= 0.3 is 0 Å². The van der Waals surface area contributed by atoms with Gasteiger partial charge < -0.3 is 10.1 Å². The number of rotatable bonds is 7. The van der Waals surface area contributed by atoms with E-state index >= 15 is 0 Å². The Morgan fingerprint density at radius 2 is 2.12 bits per heavy atom. The third-order valence-corrected chi connectivity index (χ3v) is 4.08. The molecule has 0 amide bonds. The minimum Gasteiger partial charge on any atom is -0.380 e. The lowest BCUT2D eigenvalue weighted by Crippen LogP contribution is -2.48. The molecule has 1 aliphatic heterocycles. The summed E-state index contributed by atoms with van der Waals surface area (Å²) in [4.78, 5) is 2.58. The second-order valence-electron chi connectivity index (χ2n) is 5.68. The van der Waals surface area contributed by atoms with Crippen molar-refractivity contribution in [3.05, 3.63) is 0 Å². The largest absolute Gasteiger partial charge is 0.380 e. The molecule has 2 fully saturated rings. The molecule has 2 unspecified atom stereocenters. The molecule has 2 atom stereocenters. The van der Waals surface area contributed by atoms with E-state index in [-0.39, 0.29) is 0 Å². The Kier molecular flexibility index (Phi) is 5.26. The Hall–Kier alpha value is -0.120. The molecule has 1 heterocycles. The predicted molar refractivity (Wildman–Crippen MR) is 71.3 cm³/mol. The smallest absolute Gasteiger partial charge is 0.0593 e. The summed E-state index contributed by atoms with van der Waals surface area (Å²) in [5.41, 5.74) is 0. The van der Waals surface area contributed by atoms with E-state index in [1.54, 1.807) is 0 Å². The van der Waals surface area contributed by atoms with Crippen LogP contribution >= 0.6 is 0 Å². The lowest BCUT2D eigenvalue weighted by molar-refractivity contribution is 0.0648. The highest BCUT2D eigenvalue weighted by molar-refractivity contribution is 4.82. The van der Waals surface area contributed by atoms with Gasteiger partial charge in [0.1, 0.15) is 0 Å². The second kappa shape index (κ2) is 6.72. The molecule has 100 valence electrons. The van der Waals surface area contributed by atoms with Gasteiger partial charge in [-0.25, -0.2) is 0 Å². The van der Waals surface area contributed by atoms with Gasteiger partial charge in [-0.1, -0.05) is 6.92 Å². The lowest BCUT2D eigenvalue weighted by atomic mass is 9.98. The van der Waals surface area contributed by atoms with Crippen molar-refractivity contribution in [2.24, 2.45) is 5.92 Å². The Morgan fingerprint density at radius 1 is 1.29 bits per heavy atom. The molecule has 3 heteroatoms. The molecule has 3 nitrogen and oxygen atoms in total. The van der Waals surface area contributed by atoms with Crippen LogP contribution in [0.15, 0.2) is 0 Å². The number of nitrogens with zero attached hydrogens (tertiary/aromatic N) is 1. The molecule has 2 rings (SSSR count). The first-order valence-electron chi connectivity index (χ1n) is 7.34. The quantitative estimate of drug-likeness (QED) is 0.688. The van der Waals surface area contributed by atoms with Crippen LogP contribution in [-0.2, 0) is 4.74 Å². The van der Waals surface area contributed by atoms with Gasteiger partial charge in [0.05, 0.1) is 6.61 Å². The standard InChI is InChI=1S/C14H28N2O/c1-3-15-14-6-7-16(12(2)10-14)8-9-17-11-13-4-5-13/h12-15H,3-11H2,1-2H3. The third kappa shape index (κ3) is 4.57. The molecule has 1 aliphatic carbocycles. The van der Waals surface area contributed by atoms with Crippen molar-refractivity contribution in [3.8, 4) is 0 Å². The Bertz CT molecular complexity index is 218. The molecule has 1 N–H and O–H groups in total. The number of piperidine rings is 1. The van der Waals surface area contributed by atoms with Crippen LogP contribution in [0, 0.1) is 5.92 Å². The van der Waals surface area contributed by atoms with Crippen LogP contribution in [0.3, 0.4) is 0 Å². The van der Waals surface area contributed by atoms with Crippen molar-refractivity contribution in [2.45, 2.75) is 51.6 Å². The monoisotopic (exact) mass is 240 g/mol. The minimum absolute atomic E-state index is 0.706. The van der Waals surface area contributed by atoms with Gasteiger partial charge in [0.2, 0.25) is 0 Å². The third-order valence-electron chi connectivity index (χ3n) is 4.08. The molecule has 2 aliphatic rings. The van der Waals surface area contributed by atoms with Crippen LogP contribution in [0.1, 0.15) is 39.5 Å². The molecule has 0 radical (unpaired) electrons. The van der Waals surface area contributed by atoms with E-state index in [4.69, 9.17) is 4.74 Å². The summed E-state index contributed by atoms with van der Waals surface area (Å²) < 4.78 is 5.73. The van der Waals surface area contributed by atoms with E-state index in [1.807, 2.05) is 0 Å². The molecule has 0 bridgehead atoms. The minimum atomic E-state index is 0.706. The topological polar surface area (TPSA) is 24.5 Å². The van der Waals surface area contributed by atoms with E-state index in [0.29, 0.717) is 6.04 Å². The fourth-order valence-corrected chi connectivity index (χ4v) is 2.74. The summed E-state index contributed by atoms with van der Waals surface area (Å²) >= 11 is 0. The molecule has 17 heavy (non-hydrogen) atoms. The van der Waals surface area contributed by atoms with Gasteiger partial charge in [0.15, 0.2) is 0 Å². The molecule has 0 aromatic heterocycles. The van der Waals surface area contributed by atoms with Gasteiger partial charge in [0, 0.05) is 25.2 Å². The predicted octanol–water partition coefficient (Wildman–Crippen LogP) is 1.88. The zero-order valence-electron chi connectivity index (χ0n) is 11.5. The molecule has 0 aromatic rings. The van der Waals surface area contributed by atoms with Crippen molar-refractivity contribution in [1.82, 2.24) is 10.2 Å². The van der Waals surface area contributed by atoms with Gasteiger partial charge in [-0.2, -0.15) is 0 Å². The average molecular weight is 240 g/mol. The SMILES string of the molecule is CCNC1CCN(CCOCC2CC2)C(C)C1. The maximum Gasteiger partial charge on any atom is 0.0593 e. The maximum absolute atomic E-state index is 5.73. The highest BCUT2D eigenvalue weighted by atomic mass is 16.5. The summed E-state index contributed by atoms with van der Waals surface area (Å²) in [5.74, 6) is 0.895. The first-order chi connectivity index (χ1) is 8.29. The highest BCUT2D eigenvalue weighted by Gasteiger charge is 2.25. The maximum atomic E-state index is 5.73. The molecule has 0 spiro atoms. The van der Waals surface area contributed by atoms with E-state index in [9.17, 15) is 0 Å². The van der Waals surface area contributed by atoms with Gasteiger partial charge in [-0.05, 0) is 51.6 Å². The van der Waals surface area contributed by atoms with Crippen LogP contribution < -0.4 is 5.32 Å². The molecular weight excluding hydrogens is 212 g/mol.